The van der Waals surface area contributed by atoms with E-state index >= 15 is 0 Å². The second kappa shape index (κ2) is 9.14. The Morgan fingerprint density at radius 2 is 1.87 bits per heavy atom. The largest absolute Gasteiger partial charge is 0.451 e. The van der Waals surface area contributed by atoms with Crippen molar-refractivity contribution in [2.24, 2.45) is 0 Å². The highest BCUT2D eigenvalue weighted by Crippen LogP contribution is 2.40. The average Bonchev–Trinajstić information content (AvgIpc) is 3.50. The summed E-state index contributed by atoms with van der Waals surface area (Å²) in [7, 11) is 0. The molecule has 0 bridgehead atoms. The molecule has 0 aliphatic carbocycles. The van der Waals surface area contributed by atoms with Crippen LogP contribution in [0.15, 0.2) is 43.1 Å². The molecule has 0 saturated heterocycles. The van der Waals surface area contributed by atoms with E-state index < -0.39 is 29.6 Å². The molecule has 4 heterocycles. The number of fused-ring (bicyclic) bond motifs is 1. The Hall–Kier alpha value is -5.00. The van der Waals surface area contributed by atoms with Crippen LogP contribution in [-0.2, 0) is 6.18 Å². The molecular weight excluding hydrogens is 511 g/mol. The number of aromatic nitrogens is 8. The first-order valence-electron chi connectivity index (χ1n) is 11.0. The summed E-state index contributed by atoms with van der Waals surface area (Å²) in [5.74, 6) is -3.46. The van der Waals surface area contributed by atoms with Gasteiger partial charge in [0.05, 0.1) is 23.1 Å². The van der Waals surface area contributed by atoms with Crippen LogP contribution in [-0.4, -0.2) is 39.6 Å². The minimum Gasteiger partial charge on any atom is -0.382 e. The fourth-order valence-electron chi connectivity index (χ4n) is 4.21. The molecular formula is C23H15F5N10. The van der Waals surface area contributed by atoms with Gasteiger partial charge in [-0.15, -0.1) is 5.10 Å². The lowest BCUT2D eigenvalue weighted by molar-refractivity contribution is -0.144. The first kappa shape index (κ1) is 24.7. The second-order valence-electron chi connectivity index (χ2n) is 8.09. The smallest absolute Gasteiger partial charge is 0.382 e. The number of anilines is 1. The highest BCUT2D eigenvalue weighted by Gasteiger charge is 2.35. The SMILES string of the molecule is CC[C@@H](c1cn(-c2cc(F)ccc2F)nn1)c1c(C#N)c(-c2cnc(C(F)(F)F)nc2)c2c(N)ncnn12. The Kier molecular flexibility index (Phi) is 5.94. The molecule has 5 rings (SSSR count). The third-order valence-corrected chi connectivity index (χ3v) is 5.86. The molecule has 0 fully saturated rings. The molecule has 15 heteroatoms. The van der Waals surface area contributed by atoms with Crippen LogP contribution in [0.5, 0.6) is 0 Å². The molecule has 0 spiro atoms. The maximum absolute atomic E-state index is 14.3. The molecule has 192 valence electrons. The number of nitrogens with two attached hydrogens (primary N) is 1. The van der Waals surface area contributed by atoms with Crippen LogP contribution in [0, 0.1) is 23.0 Å². The van der Waals surface area contributed by atoms with Gasteiger partial charge in [-0.2, -0.15) is 23.5 Å². The Labute approximate surface area is 210 Å². The number of benzene rings is 1. The van der Waals surface area contributed by atoms with Gasteiger partial charge in [-0.05, 0) is 18.6 Å². The van der Waals surface area contributed by atoms with E-state index in [1.165, 1.54) is 10.7 Å². The standard InChI is InChI=1S/C23H15F5N10/c1-2-13(16-9-37(36-35-16)17-5-12(24)3-4-15(17)25)19-14(6-29)18(20-21(30)33-10-34-38(19)20)11-7-31-22(32-8-11)23(26,27)28/h3-5,7-10,13H,2H2,1H3,(H2,30,33,34)/t13-/m0/s1. The highest BCUT2D eigenvalue weighted by atomic mass is 19.4. The molecule has 2 N–H and O–H groups in total. The van der Waals surface area contributed by atoms with E-state index in [1.54, 1.807) is 6.92 Å². The first-order chi connectivity index (χ1) is 18.1. The number of hydrogen-bond acceptors (Lipinski definition) is 8. The summed E-state index contributed by atoms with van der Waals surface area (Å²) in [4.78, 5) is 10.8. The van der Waals surface area contributed by atoms with Crippen LogP contribution in [0.25, 0.3) is 22.3 Å². The third kappa shape index (κ3) is 4.05. The maximum Gasteiger partial charge on any atom is 0.451 e. The molecule has 0 saturated carbocycles. The van der Waals surface area contributed by atoms with Gasteiger partial charge in [0.15, 0.2) is 5.82 Å². The Balaban J connectivity index is 1.71. The molecule has 0 amide bonds. The zero-order valence-electron chi connectivity index (χ0n) is 19.3. The fourth-order valence-corrected chi connectivity index (χ4v) is 4.21. The van der Waals surface area contributed by atoms with Crippen molar-refractivity contribution < 1.29 is 22.0 Å². The topological polar surface area (TPSA) is 136 Å². The number of nitrogens with zero attached hydrogens (tertiary/aromatic N) is 9. The van der Waals surface area contributed by atoms with Gasteiger partial charge in [-0.1, -0.05) is 12.1 Å². The lowest BCUT2D eigenvalue weighted by Gasteiger charge is -2.12. The molecule has 5 aromatic rings. The van der Waals surface area contributed by atoms with Gasteiger partial charge in [0.2, 0.25) is 5.82 Å². The van der Waals surface area contributed by atoms with Crippen molar-refractivity contribution >= 4 is 11.3 Å². The lowest BCUT2D eigenvalue weighted by Crippen LogP contribution is -2.10. The van der Waals surface area contributed by atoms with Gasteiger partial charge in [0.25, 0.3) is 0 Å². The van der Waals surface area contributed by atoms with E-state index in [4.69, 9.17) is 5.73 Å². The highest BCUT2D eigenvalue weighted by molar-refractivity contribution is 5.92. The minimum atomic E-state index is -4.76. The molecule has 0 radical (unpaired) electrons. The predicted octanol–water partition coefficient (Wildman–Crippen LogP) is 4.06. The van der Waals surface area contributed by atoms with E-state index in [-0.39, 0.29) is 33.7 Å². The van der Waals surface area contributed by atoms with Crippen molar-refractivity contribution in [2.45, 2.75) is 25.4 Å². The fraction of sp³-hybridized carbons (Fsp3) is 0.174. The monoisotopic (exact) mass is 526 g/mol. The van der Waals surface area contributed by atoms with Gasteiger partial charge < -0.3 is 5.73 Å². The van der Waals surface area contributed by atoms with E-state index in [0.29, 0.717) is 17.8 Å². The van der Waals surface area contributed by atoms with Gasteiger partial charge in [-0.3, -0.25) is 0 Å². The quantitative estimate of drug-likeness (QED) is 0.339. The summed E-state index contributed by atoms with van der Waals surface area (Å²) in [6.45, 7) is 1.79. The second-order valence-corrected chi connectivity index (χ2v) is 8.09. The van der Waals surface area contributed by atoms with E-state index in [9.17, 15) is 27.2 Å². The molecule has 4 aromatic heterocycles. The van der Waals surface area contributed by atoms with Crippen molar-refractivity contribution in [3.05, 3.63) is 77.5 Å². The van der Waals surface area contributed by atoms with Crippen LogP contribution in [0.1, 0.15) is 42.0 Å². The summed E-state index contributed by atoms with van der Waals surface area (Å²) in [6, 6.07) is 4.95. The Morgan fingerprint density at radius 3 is 2.53 bits per heavy atom. The Bertz CT molecular complexity index is 1700. The van der Waals surface area contributed by atoms with E-state index in [0.717, 1.165) is 41.6 Å². The van der Waals surface area contributed by atoms with Crippen LogP contribution in [0.4, 0.5) is 27.8 Å². The molecule has 10 nitrogen and oxygen atoms in total. The van der Waals surface area contributed by atoms with Crippen LogP contribution in [0.2, 0.25) is 0 Å². The van der Waals surface area contributed by atoms with Crippen LogP contribution >= 0.6 is 0 Å². The lowest BCUT2D eigenvalue weighted by atomic mass is 9.93. The molecule has 1 aromatic carbocycles. The molecule has 0 aliphatic rings. The maximum atomic E-state index is 14.3. The number of halogens is 5. The first-order valence-corrected chi connectivity index (χ1v) is 11.0. The average molecular weight is 526 g/mol. The molecule has 0 aliphatic heterocycles. The summed E-state index contributed by atoms with van der Waals surface area (Å²) < 4.78 is 69.5. The van der Waals surface area contributed by atoms with Crippen molar-refractivity contribution in [1.29, 1.82) is 5.26 Å². The third-order valence-electron chi connectivity index (χ3n) is 5.86. The number of nitrogen functional groups attached to an aromatic ring is 1. The summed E-state index contributed by atoms with van der Waals surface area (Å²) in [5, 5.41) is 22.4. The van der Waals surface area contributed by atoms with Gasteiger partial charge >= 0.3 is 6.18 Å². The molecule has 1 atom stereocenters. The van der Waals surface area contributed by atoms with E-state index in [1.807, 2.05) is 0 Å². The van der Waals surface area contributed by atoms with Crippen molar-refractivity contribution in [2.75, 3.05) is 5.73 Å². The molecule has 0 unspecified atom stereocenters. The summed E-state index contributed by atoms with van der Waals surface area (Å²) in [5.41, 5.74) is 6.92. The summed E-state index contributed by atoms with van der Waals surface area (Å²) in [6.07, 6.45) is 0.00701. The van der Waals surface area contributed by atoms with Crippen molar-refractivity contribution in [1.82, 2.24) is 39.6 Å². The Morgan fingerprint density at radius 1 is 1.13 bits per heavy atom. The van der Waals surface area contributed by atoms with E-state index in [2.05, 4.69) is 36.4 Å². The van der Waals surface area contributed by atoms with Crippen LogP contribution < -0.4 is 5.73 Å². The van der Waals surface area contributed by atoms with Crippen molar-refractivity contribution in [3.63, 3.8) is 0 Å². The zero-order valence-corrected chi connectivity index (χ0v) is 19.3. The van der Waals surface area contributed by atoms with Gasteiger partial charge in [0, 0.05) is 35.5 Å². The number of alkyl halides is 3. The predicted molar refractivity (Wildman–Crippen MR) is 122 cm³/mol. The summed E-state index contributed by atoms with van der Waals surface area (Å²) >= 11 is 0. The normalized spacial score (nSPS) is 12.6. The van der Waals surface area contributed by atoms with Crippen LogP contribution in [0.3, 0.4) is 0 Å². The zero-order chi connectivity index (χ0) is 27.2. The number of hydrogen-bond donors (Lipinski definition) is 1. The van der Waals surface area contributed by atoms with Crippen molar-refractivity contribution in [3.8, 4) is 22.9 Å². The van der Waals surface area contributed by atoms with Gasteiger partial charge in [-0.25, -0.2) is 32.9 Å². The number of rotatable bonds is 5. The molecule has 38 heavy (non-hydrogen) atoms. The van der Waals surface area contributed by atoms with Gasteiger partial charge in [0.1, 0.15) is 35.2 Å². The minimum absolute atomic E-state index is 0.0268. The number of nitriles is 1.